The Balaban J connectivity index is 1.73. The average Bonchev–Trinajstić information content (AvgIpc) is 2.77. The molecule has 2 N–H and O–H groups in total. The molecule has 3 rings (SSSR count). The van der Waals surface area contributed by atoms with Gasteiger partial charge in [-0.2, -0.15) is 0 Å². The van der Waals surface area contributed by atoms with Gasteiger partial charge >= 0.3 is 0 Å². The summed E-state index contributed by atoms with van der Waals surface area (Å²) >= 11 is 0. The molecule has 86 valence electrons. The molecule has 1 fully saturated rings. The number of fused-ring (bicyclic) bond motifs is 1. The number of phenols is 1. The van der Waals surface area contributed by atoms with Crippen molar-refractivity contribution in [3.63, 3.8) is 0 Å². The number of nitrogens with one attached hydrogen (secondary N) is 1. The van der Waals surface area contributed by atoms with Crippen LogP contribution < -0.4 is 14.8 Å². The number of aromatic hydroxyl groups is 1. The molecule has 1 aromatic carbocycles. The van der Waals surface area contributed by atoms with Crippen LogP contribution in [0.5, 0.6) is 17.2 Å². The highest BCUT2D eigenvalue weighted by Gasteiger charge is 2.32. The van der Waals surface area contributed by atoms with Crippen LogP contribution in [0, 0.1) is 5.92 Å². The molecule has 0 saturated heterocycles. The van der Waals surface area contributed by atoms with Gasteiger partial charge < -0.3 is 19.9 Å². The number of phenolic OH excluding ortho intramolecular Hbond substituents is 1. The first-order valence-electron chi connectivity index (χ1n) is 5.59. The zero-order chi connectivity index (χ0) is 11.1. The highest BCUT2D eigenvalue weighted by atomic mass is 16.7. The fraction of sp³-hybridized carbons (Fsp3) is 0.500. The minimum atomic E-state index is 0.241. The van der Waals surface area contributed by atoms with Gasteiger partial charge in [0.05, 0.1) is 0 Å². The summed E-state index contributed by atoms with van der Waals surface area (Å²) in [7, 11) is 0. The van der Waals surface area contributed by atoms with E-state index in [1.54, 1.807) is 6.07 Å². The van der Waals surface area contributed by atoms with Crippen LogP contribution in [0.15, 0.2) is 12.1 Å². The van der Waals surface area contributed by atoms with Crippen molar-refractivity contribution in [3.05, 3.63) is 17.7 Å². The molecule has 1 saturated carbocycles. The Labute approximate surface area is 94.2 Å². The van der Waals surface area contributed by atoms with Gasteiger partial charge in [0.15, 0.2) is 11.5 Å². The Bertz CT molecular complexity index is 419. The molecule has 16 heavy (non-hydrogen) atoms. The summed E-state index contributed by atoms with van der Waals surface area (Å²) in [5.41, 5.74) is 0.864. The molecule has 0 radical (unpaired) electrons. The van der Waals surface area contributed by atoms with Gasteiger partial charge in [0, 0.05) is 24.2 Å². The van der Waals surface area contributed by atoms with Crippen molar-refractivity contribution in [1.82, 2.24) is 5.32 Å². The quantitative estimate of drug-likeness (QED) is 0.814. The van der Waals surface area contributed by atoms with Gasteiger partial charge in [-0.3, -0.25) is 0 Å². The lowest BCUT2D eigenvalue weighted by Gasteiger charge is -2.07. The van der Waals surface area contributed by atoms with Gasteiger partial charge in [0.2, 0.25) is 6.79 Å². The second-order valence-electron chi connectivity index (χ2n) is 4.53. The molecular formula is C12H15NO3. The molecule has 4 nitrogen and oxygen atoms in total. The van der Waals surface area contributed by atoms with Crippen LogP contribution in [0.3, 0.4) is 0 Å². The van der Waals surface area contributed by atoms with Crippen LogP contribution in [0.2, 0.25) is 0 Å². The van der Waals surface area contributed by atoms with Crippen molar-refractivity contribution < 1.29 is 14.6 Å². The van der Waals surface area contributed by atoms with Crippen LogP contribution in [0.25, 0.3) is 0 Å². The molecule has 0 bridgehead atoms. The van der Waals surface area contributed by atoms with Crippen LogP contribution in [-0.2, 0) is 6.54 Å². The molecule has 0 amide bonds. The second kappa shape index (κ2) is 3.56. The molecule has 2 atom stereocenters. The zero-order valence-corrected chi connectivity index (χ0v) is 9.19. The Morgan fingerprint density at radius 2 is 2.06 bits per heavy atom. The average molecular weight is 221 g/mol. The predicted molar refractivity (Wildman–Crippen MR) is 58.6 cm³/mol. The Morgan fingerprint density at radius 1 is 1.38 bits per heavy atom. The lowest BCUT2D eigenvalue weighted by atomic mass is 10.1. The van der Waals surface area contributed by atoms with Crippen molar-refractivity contribution in [1.29, 1.82) is 0 Å². The largest absolute Gasteiger partial charge is 0.507 e. The number of benzene rings is 1. The lowest BCUT2D eigenvalue weighted by molar-refractivity contribution is 0.174. The van der Waals surface area contributed by atoms with Crippen molar-refractivity contribution in [2.24, 2.45) is 5.92 Å². The molecular weight excluding hydrogens is 206 g/mol. The van der Waals surface area contributed by atoms with Gasteiger partial charge in [-0.05, 0) is 18.4 Å². The Morgan fingerprint density at radius 3 is 2.75 bits per heavy atom. The topological polar surface area (TPSA) is 50.7 Å². The summed E-state index contributed by atoms with van der Waals surface area (Å²) in [4.78, 5) is 0. The molecule has 4 heteroatoms. The van der Waals surface area contributed by atoms with Crippen molar-refractivity contribution in [3.8, 4) is 17.2 Å². The third-order valence-electron chi connectivity index (χ3n) is 3.24. The summed E-state index contributed by atoms with van der Waals surface area (Å²) in [5.74, 6) is 2.38. The zero-order valence-electron chi connectivity index (χ0n) is 9.19. The molecule has 1 aliphatic carbocycles. The summed E-state index contributed by atoms with van der Waals surface area (Å²) in [6.07, 6.45) is 1.23. The first-order chi connectivity index (χ1) is 7.74. The minimum absolute atomic E-state index is 0.241. The molecule has 1 aliphatic heterocycles. The van der Waals surface area contributed by atoms with Gasteiger partial charge in [-0.1, -0.05) is 6.92 Å². The predicted octanol–water partition coefficient (Wildman–Crippen LogP) is 1.62. The Hall–Kier alpha value is -1.42. The second-order valence-corrected chi connectivity index (χ2v) is 4.53. The smallest absolute Gasteiger partial charge is 0.231 e. The van der Waals surface area contributed by atoms with Gasteiger partial charge in [-0.25, -0.2) is 0 Å². The van der Waals surface area contributed by atoms with Crippen LogP contribution in [-0.4, -0.2) is 17.9 Å². The van der Waals surface area contributed by atoms with E-state index in [4.69, 9.17) is 9.47 Å². The third kappa shape index (κ3) is 1.69. The fourth-order valence-electron chi connectivity index (χ4n) is 1.96. The number of hydrogen-bond donors (Lipinski definition) is 2. The van der Waals surface area contributed by atoms with E-state index in [9.17, 15) is 5.11 Å². The highest BCUT2D eigenvalue weighted by Crippen LogP contribution is 2.38. The molecule has 1 aromatic rings. The third-order valence-corrected chi connectivity index (χ3v) is 3.24. The van der Waals surface area contributed by atoms with Gasteiger partial charge in [0.25, 0.3) is 0 Å². The van der Waals surface area contributed by atoms with Gasteiger partial charge in [-0.15, -0.1) is 0 Å². The maximum Gasteiger partial charge on any atom is 0.231 e. The monoisotopic (exact) mass is 221 g/mol. The van der Waals surface area contributed by atoms with Crippen molar-refractivity contribution in [2.45, 2.75) is 25.9 Å². The van der Waals surface area contributed by atoms with Crippen molar-refractivity contribution >= 4 is 0 Å². The highest BCUT2D eigenvalue weighted by molar-refractivity contribution is 5.51. The van der Waals surface area contributed by atoms with E-state index in [1.165, 1.54) is 6.42 Å². The van der Waals surface area contributed by atoms with E-state index in [-0.39, 0.29) is 12.5 Å². The van der Waals surface area contributed by atoms with E-state index >= 15 is 0 Å². The first-order valence-corrected chi connectivity index (χ1v) is 5.59. The number of hydrogen-bond acceptors (Lipinski definition) is 4. The molecule has 0 spiro atoms. The number of ether oxygens (including phenoxy) is 2. The lowest BCUT2D eigenvalue weighted by Crippen LogP contribution is -2.17. The summed E-state index contributed by atoms with van der Waals surface area (Å²) < 4.78 is 10.5. The van der Waals surface area contributed by atoms with E-state index in [0.717, 1.165) is 17.2 Å². The van der Waals surface area contributed by atoms with Crippen LogP contribution in [0.4, 0.5) is 0 Å². The summed E-state index contributed by atoms with van der Waals surface area (Å²) in [5, 5.41) is 13.2. The van der Waals surface area contributed by atoms with E-state index < -0.39 is 0 Å². The minimum Gasteiger partial charge on any atom is -0.507 e. The molecule has 2 aliphatic rings. The molecule has 0 aromatic heterocycles. The van der Waals surface area contributed by atoms with E-state index in [2.05, 4.69) is 12.2 Å². The van der Waals surface area contributed by atoms with Crippen LogP contribution >= 0.6 is 0 Å². The molecule has 1 heterocycles. The first kappa shape index (κ1) is 9.78. The van der Waals surface area contributed by atoms with Crippen LogP contribution in [0.1, 0.15) is 18.9 Å². The number of rotatable bonds is 3. The molecule has 2 unspecified atom stereocenters. The summed E-state index contributed by atoms with van der Waals surface area (Å²) in [6, 6.07) is 4.07. The van der Waals surface area contributed by atoms with E-state index in [1.807, 2.05) is 6.07 Å². The SMILES string of the molecule is CC1CC1NCc1cc2c(cc1O)OCO2. The van der Waals surface area contributed by atoms with Crippen molar-refractivity contribution in [2.75, 3.05) is 6.79 Å². The normalized spacial score (nSPS) is 25.8. The van der Waals surface area contributed by atoms with E-state index in [0.29, 0.717) is 18.3 Å². The summed E-state index contributed by atoms with van der Waals surface area (Å²) in [6.45, 7) is 3.14. The fourth-order valence-corrected chi connectivity index (χ4v) is 1.96. The maximum atomic E-state index is 9.80. The maximum absolute atomic E-state index is 9.80. The van der Waals surface area contributed by atoms with Gasteiger partial charge in [0.1, 0.15) is 5.75 Å². The standard InChI is InChI=1S/C12H15NO3/c1-7-2-9(7)13-5-8-3-11-12(4-10(8)14)16-6-15-11/h3-4,7,9,13-14H,2,5-6H2,1H3. The Kier molecular flexibility index (Phi) is 2.17.